The first-order chi connectivity index (χ1) is 16.8. The van der Waals surface area contributed by atoms with Gasteiger partial charge in [0.2, 0.25) is 5.91 Å². The lowest BCUT2D eigenvalue weighted by molar-refractivity contribution is -0.155. The molecule has 0 radical (unpaired) electrons. The summed E-state index contributed by atoms with van der Waals surface area (Å²) in [5.41, 5.74) is 2.39. The number of fused-ring (bicyclic) bond motifs is 1. The molecule has 0 saturated carbocycles. The number of benzene rings is 2. The zero-order valence-corrected chi connectivity index (χ0v) is 22.1. The van der Waals surface area contributed by atoms with E-state index in [1.807, 2.05) is 72.7 Å². The zero-order chi connectivity index (χ0) is 25.3. The molecule has 3 rings (SSSR count). The Labute approximate surface area is 213 Å². The summed E-state index contributed by atoms with van der Waals surface area (Å²) in [5.74, 6) is 0.722. The molecular formula is C28H37N3O3S. The fourth-order valence-electron chi connectivity index (χ4n) is 3.82. The summed E-state index contributed by atoms with van der Waals surface area (Å²) in [6.07, 6.45) is 3.34. The first kappa shape index (κ1) is 26.8. The molecule has 0 fully saturated rings. The Morgan fingerprint density at radius 2 is 1.74 bits per heavy atom. The van der Waals surface area contributed by atoms with Gasteiger partial charge in [0.1, 0.15) is 12.1 Å². The summed E-state index contributed by atoms with van der Waals surface area (Å²) in [5, 5.41) is 0.795. The second-order valence-corrected chi connectivity index (χ2v) is 10.7. The number of esters is 1. The molecule has 7 heteroatoms. The summed E-state index contributed by atoms with van der Waals surface area (Å²) in [6.45, 7) is 9.16. The minimum Gasteiger partial charge on any atom is -0.459 e. The van der Waals surface area contributed by atoms with Gasteiger partial charge in [-0.2, -0.15) is 0 Å². The van der Waals surface area contributed by atoms with Gasteiger partial charge < -0.3 is 14.2 Å². The molecule has 188 valence electrons. The van der Waals surface area contributed by atoms with E-state index in [-0.39, 0.29) is 18.4 Å². The van der Waals surface area contributed by atoms with E-state index in [9.17, 15) is 9.59 Å². The number of aromatic nitrogens is 2. The summed E-state index contributed by atoms with van der Waals surface area (Å²) in [4.78, 5) is 32.1. The number of nitrogens with zero attached hydrogens (tertiary/aromatic N) is 3. The van der Waals surface area contributed by atoms with E-state index >= 15 is 0 Å². The van der Waals surface area contributed by atoms with Gasteiger partial charge in [-0.1, -0.05) is 67.6 Å². The second kappa shape index (κ2) is 12.8. The number of unbranched alkanes of at least 4 members (excludes halogenated alkanes) is 1. The van der Waals surface area contributed by atoms with Crippen molar-refractivity contribution in [2.24, 2.45) is 0 Å². The first-order valence-corrected chi connectivity index (χ1v) is 13.4. The standard InChI is InChI=1S/C28H37N3O3S/c1-5-6-17-25(32)30(20-22-13-8-7-9-14-22)18-12-19-35-27-29-23-15-10-11-16-24(23)31(27)21-26(33)34-28(2,3)4/h7-11,13-16H,5-6,12,17-21H2,1-4H3. The van der Waals surface area contributed by atoms with Crippen LogP contribution < -0.4 is 0 Å². The van der Waals surface area contributed by atoms with Gasteiger partial charge in [0.15, 0.2) is 5.16 Å². The minimum absolute atomic E-state index is 0.121. The third kappa shape index (κ3) is 8.42. The Bertz CT molecular complexity index is 1110. The van der Waals surface area contributed by atoms with Gasteiger partial charge in [-0.15, -0.1) is 0 Å². The van der Waals surface area contributed by atoms with Crippen LogP contribution in [0.25, 0.3) is 11.0 Å². The molecule has 0 bridgehead atoms. The van der Waals surface area contributed by atoms with Gasteiger partial charge in [0.25, 0.3) is 0 Å². The quantitative estimate of drug-likeness (QED) is 0.173. The number of ether oxygens (including phenoxy) is 1. The van der Waals surface area contributed by atoms with E-state index in [0.29, 0.717) is 19.5 Å². The van der Waals surface area contributed by atoms with Crippen LogP contribution in [0.1, 0.15) is 58.9 Å². The minimum atomic E-state index is -0.534. The number of rotatable bonds is 12. The summed E-state index contributed by atoms with van der Waals surface area (Å²) >= 11 is 1.62. The molecule has 0 saturated heterocycles. The van der Waals surface area contributed by atoms with Crippen LogP contribution in [0.5, 0.6) is 0 Å². The highest BCUT2D eigenvalue weighted by atomic mass is 32.2. The second-order valence-electron chi connectivity index (χ2n) is 9.66. The summed E-state index contributed by atoms with van der Waals surface area (Å²) < 4.78 is 7.48. The maximum absolute atomic E-state index is 12.8. The average molecular weight is 496 g/mol. The zero-order valence-electron chi connectivity index (χ0n) is 21.3. The van der Waals surface area contributed by atoms with Crippen molar-refractivity contribution >= 4 is 34.7 Å². The predicted octanol–water partition coefficient (Wildman–Crippen LogP) is 6.08. The van der Waals surface area contributed by atoms with Crippen LogP contribution in [-0.2, 0) is 27.4 Å². The van der Waals surface area contributed by atoms with Crippen LogP contribution in [0.3, 0.4) is 0 Å². The molecule has 1 heterocycles. The lowest BCUT2D eigenvalue weighted by Gasteiger charge is -2.23. The number of amides is 1. The average Bonchev–Trinajstić information content (AvgIpc) is 3.16. The van der Waals surface area contributed by atoms with E-state index in [4.69, 9.17) is 9.72 Å². The van der Waals surface area contributed by atoms with Crippen LogP contribution in [0, 0.1) is 0 Å². The normalized spacial score (nSPS) is 11.5. The van der Waals surface area contributed by atoms with Gasteiger partial charge in [-0.25, -0.2) is 4.98 Å². The number of thioether (sulfide) groups is 1. The number of hydrogen-bond donors (Lipinski definition) is 0. The smallest absolute Gasteiger partial charge is 0.326 e. The SMILES string of the molecule is CCCCC(=O)N(CCCSc1nc2ccccc2n1CC(=O)OC(C)(C)C)Cc1ccccc1. The van der Waals surface area contributed by atoms with Crippen molar-refractivity contribution in [1.29, 1.82) is 0 Å². The largest absolute Gasteiger partial charge is 0.459 e. The highest BCUT2D eigenvalue weighted by molar-refractivity contribution is 7.99. The van der Waals surface area contributed by atoms with Crippen molar-refractivity contribution in [2.45, 2.75) is 77.2 Å². The number of carbonyl (C=O) groups is 2. The number of carbonyl (C=O) groups excluding carboxylic acids is 2. The molecule has 0 N–H and O–H groups in total. The number of para-hydroxylation sites is 2. The van der Waals surface area contributed by atoms with E-state index in [2.05, 4.69) is 19.1 Å². The molecular weight excluding hydrogens is 458 g/mol. The molecule has 2 aromatic carbocycles. The molecule has 0 aliphatic rings. The van der Waals surface area contributed by atoms with E-state index in [1.54, 1.807) is 11.8 Å². The third-order valence-corrected chi connectivity index (χ3v) is 6.51. The van der Waals surface area contributed by atoms with Crippen molar-refractivity contribution in [2.75, 3.05) is 12.3 Å². The molecule has 3 aromatic rings. The lowest BCUT2D eigenvalue weighted by Crippen LogP contribution is -2.31. The van der Waals surface area contributed by atoms with Crippen LogP contribution >= 0.6 is 11.8 Å². The van der Waals surface area contributed by atoms with Crippen LogP contribution in [0.2, 0.25) is 0 Å². The fourth-order valence-corrected chi connectivity index (χ4v) is 4.76. The van der Waals surface area contributed by atoms with Crippen molar-refractivity contribution in [3.05, 3.63) is 60.2 Å². The Kier molecular flexibility index (Phi) is 9.78. The van der Waals surface area contributed by atoms with Gasteiger partial charge in [0, 0.05) is 25.3 Å². The van der Waals surface area contributed by atoms with Gasteiger partial charge in [0.05, 0.1) is 11.0 Å². The van der Waals surface area contributed by atoms with E-state index < -0.39 is 5.60 Å². The van der Waals surface area contributed by atoms with Crippen LogP contribution in [-0.4, -0.2) is 44.2 Å². The molecule has 1 amide bonds. The molecule has 0 aliphatic carbocycles. The Morgan fingerprint density at radius 3 is 2.46 bits per heavy atom. The van der Waals surface area contributed by atoms with Crippen molar-refractivity contribution in [3.63, 3.8) is 0 Å². The monoisotopic (exact) mass is 495 g/mol. The van der Waals surface area contributed by atoms with Crippen LogP contribution in [0.15, 0.2) is 59.8 Å². The van der Waals surface area contributed by atoms with Crippen molar-refractivity contribution in [3.8, 4) is 0 Å². The van der Waals surface area contributed by atoms with Gasteiger partial charge in [-0.3, -0.25) is 9.59 Å². The Balaban J connectivity index is 1.65. The molecule has 0 spiro atoms. The van der Waals surface area contributed by atoms with Gasteiger partial charge in [-0.05, 0) is 51.3 Å². The maximum atomic E-state index is 12.8. The molecule has 6 nitrogen and oxygen atoms in total. The summed E-state index contributed by atoms with van der Waals surface area (Å²) in [6, 6.07) is 18.0. The fraction of sp³-hybridized carbons (Fsp3) is 0.464. The highest BCUT2D eigenvalue weighted by Crippen LogP contribution is 2.25. The molecule has 0 unspecified atom stereocenters. The molecule has 0 aliphatic heterocycles. The van der Waals surface area contributed by atoms with Crippen molar-refractivity contribution < 1.29 is 14.3 Å². The Hall–Kier alpha value is -2.80. The number of imidazole rings is 1. The first-order valence-electron chi connectivity index (χ1n) is 12.4. The lowest BCUT2D eigenvalue weighted by atomic mass is 10.2. The van der Waals surface area contributed by atoms with Crippen molar-refractivity contribution in [1.82, 2.24) is 14.5 Å². The molecule has 0 atom stereocenters. The third-order valence-electron chi connectivity index (χ3n) is 5.44. The molecule has 35 heavy (non-hydrogen) atoms. The molecule has 1 aromatic heterocycles. The van der Waals surface area contributed by atoms with E-state index in [1.165, 1.54) is 0 Å². The van der Waals surface area contributed by atoms with Gasteiger partial charge >= 0.3 is 5.97 Å². The maximum Gasteiger partial charge on any atom is 0.326 e. The van der Waals surface area contributed by atoms with E-state index in [0.717, 1.165) is 46.8 Å². The van der Waals surface area contributed by atoms with Crippen LogP contribution in [0.4, 0.5) is 0 Å². The topological polar surface area (TPSA) is 64.4 Å². The predicted molar refractivity (Wildman–Crippen MR) is 142 cm³/mol. The number of hydrogen-bond acceptors (Lipinski definition) is 5. The summed E-state index contributed by atoms with van der Waals surface area (Å²) in [7, 11) is 0. The Morgan fingerprint density at radius 1 is 1.03 bits per heavy atom. The highest BCUT2D eigenvalue weighted by Gasteiger charge is 2.20.